The van der Waals surface area contributed by atoms with Crippen LogP contribution in [0, 0.1) is 0 Å². The molecule has 2 aromatic carbocycles. The lowest BCUT2D eigenvalue weighted by molar-refractivity contribution is 0.185. The number of ether oxygens (including phenoxy) is 2. The fraction of sp³-hybridized carbons (Fsp3) is 0.316. The number of carbonyl (C=O) groups is 1. The van der Waals surface area contributed by atoms with E-state index in [0.717, 1.165) is 11.1 Å². The molecule has 2 amide bonds. The van der Waals surface area contributed by atoms with Crippen molar-refractivity contribution in [2.45, 2.75) is 13.2 Å². The monoisotopic (exact) mass is 362 g/mol. The fourth-order valence-corrected chi connectivity index (χ4v) is 2.45. The van der Waals surface area contributed by atoms with Gasteiger partial charge in [0, 0.05) is 25.7 Å². The number of benzene rings is 2. The van der Waals surface area contributed by atoms with Gasteiger partial charge in [-0.2, -0.15) is 0 Å². The number of nitrogens with zero attached hydrogens (tertiary/aromatic N) is 1. The van der Waals surface area contributed by atoms with E-state index >= 15 is 0 Å². The predicted octanol–water partition coefficient (Wildman–Crippen LogP) is 3.71. The molecule has 0 saturated carbocycles. The van der Waals surface area contributed by atoms with E-state index in [0.29, 0.717) is 37.1 Å². The Morgan fingerprint density at radius 3 is 2.68 bits per heavy atom. The first kappa shape index (κ1) is 19.1. The van der Waals surface area contributed by atoms with Gasteiger partial charge in [-0.3, -0.25) is 0 Å². The standard InChI is InChI=1S/C19H23ClN2O3/c1-22(9-10-25-18-8-4-7-17(20)12-18)19(23)21-13-15-5-3-6-16(11-15)14-24-2/h3-8,11-12H,9-10,13-14H2,1-2H3,(H,21,23). The molecule has 0 unspecified atom stereocenters. The summed E-state index contributed by atoms with van der Waals surface area (Å²) in [6.45, 7) is 1.90. The largest absolute Gasteiger partial charge is 0.492 e. The smallest absolute Gasteiger partial charge is 0.317 e. The van der Waals surface area contributed by atoms with Crippen molar-refractivity contribution in [3.8, 4) is 5.75 Å². The molecule has 0 fully saturated rings. The van der Waals surface area contributed by atoms with Crippen molar-refractivity contribution in [2.75, 3.05) is 27.3 Å². The van der Waals surface area contributed by atoms with Crippen LogP contribution >= 0.6 is 11.6 Å². The highest BCUT2D eigenvalue weighted by atomic mass is 35.5. The Bertz CT molecular complexity index is 694. The van der Waals surface area contributed by atoms with E-state index in [2.05, 4.69) is 5.32 Å². The average Bonchev–Trinajstić information content (AvgIpc) is 2.60. The number of nitrogens with one attached hydrogen (secondary N) is 1. The molecule has 0 atom stereocenters. The molecule has 5 nitrogen and oxygen atoms in total. The quantitative estimate of drug-likeness (QED) is 0.778. The van der Waals surface area contributed by atoms with E-state index in [4.69, 9.17) is 21.1 Å². The van der Waals surface area contributed by atoms with Crippen LogP contribution in [0.2, 0.25) is 5.02 Å². The lowest BCUT2D eigenvalue weighted by Gasteiger charge is -2.18. The molecule has 6 heteroatoms. The molecule has 2 rings (SSSR count). The third-order valence-corrected chi connectivity index (χ3v) is 3.82. The number of halogens is 1. The van der Waals surface area contributed by atoms with Crippen molar-refractivity contribution in [1.82, 2.24) is 10.2 Å². The normalized spacial score (nSPS) is 10.4. The van der Waals surface area contributed by atoms with E-state index in [-0.39, 0.29) is 6.03 Å². The number of hydrogen-bond donors (Lipinski definition) is 1. The number of methoxy groups -OCH3 is 1. The van der Waals surface area contributed by atoms with Crippen molar-refractivity contribution < 1.29 is 14.3 Å². The molecule has 0 radical (unpaired) electrons. The van der Waals surface area contributed by atoms with Crippen LogP contribution in [-0.4, -0.2) is 38.2 Å². The molecule has 0 aromatic heterocycles. The zero-order valence-corrected chi connectivity index (χ0v) is 15.3. The van der Waals surface area contributed by atoms with Gasteiger partial charge in [0.25, 0.3) is 0 Å². The van der Waals surface area contributed by atoms with Crippen molar-refractivity contribution in [3.63, 3.8) is 0 Å². The summed E-state index contributed by atoms with van der Waals surface area (Å²) in [6, 6.07) is 15.0. The summed E-state index contributed by atoms with van der Waals surface area (Å²) in [5.74, 6) is 0.691. The first-order valence-electron chi connectivity index (χ1n) is 8.02. The molecule has 0 aliphatic heterocycles. The van der Waals surface area contributed by atoms with Crippen LogP contribution in [0.1, 0.15) is 11.1 Å². The number of amides is 2. The van der Waals surface area contributed by atoms with Crippen LogP contribution in [0.3, 0.4) is 0 Å². The summed E-state index contributed by atoms with van der Waals surface area (Å²) >= 11 is 5.90. The van der Waals surface area contributed by atoms with E-state index < -0.39 is 0 Å². The second-order valence-corrected chi connectivity index (χ2v) is 6.08. The lowest BCUT2D eigenvalue weighted by Crippen LogP contribution is -2.39. The van der Waals surface area contributed by atoms with Crippen LogP contribution in [-0.2, 0) is 17.9 Å². The maximum Gasteiger partial charge on any atom is 0.317 e. The Morgan fingerprint density at radius 2 is 1.92 bits per heavy atom. The highest BCUT2D eigenvalue weighted by Crippen LogP contribution is 2.16. The molecule has 0 spiro atoms. The van der Waals surface area contributed by atoms with Crippen LogP contribution in [0.15, 0.2) is 48.5 Å². The number of hydrogen-bond acceptors (Lipinski definition) is 3. The van der Waals surface area contributed by atoms with Crippen LogP contribution in [0.5, 0.6) is 5.75 Å². The molecular weight excluding hydrogens is 340 g/mol. The Balaban J connectivity index is 1.73. The van der Waals surface area contributed by atoms with Gasteiger partial charge in [-0.05, 0) is 29.3 Å². The Labute approximate surface area is 153 Å². The van der Waals surface area contributed by atoms with Crippen molar-refractivity contribution >= 4 is 17.6 Å². The van der Waals surface area contributed by atoms with Gasteiger partial charge in [-0.15, -0.1) is 0 Å². The minimum atomic E-state index is -0.146. The highest BCUT2D eigenvalue weighted by molar-refractivity contribution is 6.30. The van der Waals surface area contributed by atoms with Crippen molar-refractivity contribution in [3.05, 3.63) is 64.7 Å². The first-order chi connectivity index (χ1) is 12.1. The maximum absolute atomic E-state index is 12.1. The van der Waals surface area contributed by atoms with E-state index in [1.54, 1.807) is 31.2 Å². The molecule has 0 bridgehead atoms. The van der Waals surface area contributed by atoms with Gasteiger partial charge < -0.3 is 19.7 Å². The molecule has 25 heavy (non-hydrogen) atoms. The van der Waals surface area contributed by atoms with Crippen molar-refractivity contribution in [2.24, 2.45) is 0 Å². The van der Waals surface area contributed by atoms with Gasteiger partial charge in [-0.1, -0.05) is 41.9 Å². The van der Waals surface area contributed by atoms with Gasteiger partial charge in [0.05, 0.1) is 13.2 Å². The van der Waals surface area contributed by atoms with E-state index in [1.165, 1.54) is 0 Å². The molecule has 1 N–H and O–H groups in total. The molecular formula is C19H23ClN2O3. The lowest BCUT2D eigenvalue weighted by atomic mass is 10.1. The van der Waals surface area contributed by atoms with Gasteiger partial charge in [0.1, 0.15) is 12.4 Å². The minimum Gasteiger partial charge on any atom is -0.492 e. The molecule has 2 aromatic rings. The fourth-order valence-electron chi connectivity index (χ4n) is 2.27. The van der Waals surface area contributed by atoms with Gasteiger partial charge >= 0.3 is 6.03 Å². The average molecular weight is 363 g/mol. The zero-order chi connectivity index (χ0) is 18.1. The molecule has 0 aliphatic carbocycles. The second kappa shape index (κ2) is 9.91. The van der Waals surface area contributed by atoms with Gasteiger partial charge in [0.2, 0.25) is 0 Å². The number of rotatable bonds is 8. The third-order valence-electron chi connectivity index (χ3n) is 3.58. The predicted molar refractivity (Wildman–Crippen MR) is 99.0 cm³/mol. The summed E-state index contributed by atoms with van der Waals surface area (Å²) in [5.41, 5.74) is 2.11. The molecule has 0 aliphatic rings. The molecule has 0 heterocycles. The van der Waals surface area contributed by atoms with E-state index in [9.17, 15) is 4.79 Å². The molecule has 134 valence electrons. The highest BCUT2D eigenvalue weighted by Gasteiger charge is 2.08. The number of likely N-dealkylation sites (N-methyl/N-ethyl adjacent to an activating group) is 1. The Hall–Kier alpha value is -2.24. The maximum atomic E-state index is 12.1. The van der Waals surface area contributed by atoms with Gasteiger partial charge in [-0.25, -0.2) is 4.79 Å². The summed E-state index contributed by atoms with van der Waals surface area (Å²) < 4.78 is 10.7. The SMILES string of the molecule is COCc1cccc(CNC(=O)N(C)CCOc2cccc(Cl)c2)c1. The van der Waals surface area contributed by atoms with Crippen LogP contribution < -0.4 is 10.1 Å². The molecule has 0 saturated heterocycles. The topological polar surface area (TPSA) is 50.8 Å². The zero-order valence-electron chi connectivity index (χ0n) is 14.5. The van der Waals surface area contributed by atoms with Crippen molar-refractivity contribution in [1.29, 1.82) is 0 Å². The third kappa shape index (κ3) is 6.64. The summed E-state index contributed by atoms with van der Waals surface area (Å²) in [6.07, 6.45) is 0. The number of carbonyl (C=O) groups excluding carboxylic acids is 1. The minimum absolute atomic E-state index is 0.146. The van der Waals surface area contributed by atoms with E-state index in [1.807, 2.05) is 36.4 Å². The summed E-state index contributed by atoms with van der Waals surface area (Å²) in [4.78, 5) is 13.7. The van der Waals surface area contributed by atoms with Crippen LogP contribution in [0.4, 0.5) is 4.79 Å². The Kier molecular flexibility index (Phi) is 7.57. The summed E-state index contributed by atoms with van der Waals surface area (Å²) in [7, 11) is 3.40. The number of urea groups is 1. The Morgan fingerprint density at radius 1 is 1.16 bits per heavy atom. The second-order valence-electron chi connectivity index (χ2n) is 5.64. The summed E-state index contributed by atoms with van der Waals surface area (Å²) in [5, 5.41) is 3.52. The van der Waals surface area contributed by atoms with Crippen LogP contribution in [0.25, 0.3) is 0 Å². The first-order valence-corrected chi connectivity index (χ1v) is 8.40. The van der Waals surface area contributed by atoms with Gasteiger partial charge in [0.15, 0.2) is 0 Å².